The highest BCUT2D eigenvalue weighted by atomic mass is 19.4. The van der Waals surface area contributed by atoms with Gasteiger partial charge in [0.05, 0.1) is 23.0 Å². The summed E-state index contributed by atoms with van der Waals surface area (Å²) in [5, 5.41) is 2.49. The molecule has 0 radical (unpaired) electrons. The molecule has 1 aliphatic heterocycles. The van der Waals surface area contributed by atoms with Crippen LogP contribution in [0.3, 0.4) is 0 Å². The van der Waals surface area contributed by atoms with Crippen molar-refractivity contribution in [2.45, 2.75) is 25.9 Å². The first-order chi connectivity index (χ1) is 12.3. The van der Waals surface area contributed by atoms with Gasteiger partial charge in [-0.1, -0.05) is 19.1 Å². The lowest BCUT2D eigenvalue weighted by Crippen LogP contribution is -2.33. The van der Waals surface area contributed by atoms with Gasteiger partial charge in [-0.15, -0.1) is 0 Å². The van der Waals surface area contributed by atoms with Gasteiger partial charge in [-0.25, -0.2) is 4.98 Å². The molecule has 1 aliphatic rings. The fourth-order valence-electron chi connectivity index (χ4n) is 3.01. The van der Waals surface area contributed by atoms with E-state index in [4.69, 9.17) is 0 Å². The highest BCUT2D eigenvalue weighted by Gasteiger charge is 2.34. The number of pyridine rings is 1. The van der Waals surface area contributed by atoms with Crippen LogP contribution in [0, 0.1) is 5.92 Å². The van der Waals surface area contributed by atoms with Crippen molar-refractivity contribution in [2.24, 2.45) is 5.92 Å². The molecule has 1 aromatic carbocycles. The zero-order chi connectivity index (χ0) is 18.7. The Kier molecular flexibility index (Phi) is 5.15. The number of amides is 1. The van der Waals surface area contributed by atoms with Gasteiger partial charge in [0, 0.05) is 13.1 Å². The lowest BCUT2D eigenvalue weighted by atomic mass is 9.99. The normalized spacial score (nSPS) is 15.8. The average Bonchev–Trinajstić information content (AvgIpc) is 2.62. The van der Waals surface area contributed by atoms with E-state index in [9.17, 15) is 18.0 Å². The quantitative estimate of drug-likeness (QED) is 0.868. The molecule has 0 saturated carbocycles. The molecule has 0 bridgehead atoms. The molecule has 0 aliphatic carbocycles. The summed E-state index contributed by atoms with van der Waals surface area (Å²) in [6.45, 7) is 4.08. The molecular weight excluding hydrogens is 343 g/mol. The van der Waals surface area contributed by atoms with Gasteiger partial charge in [-0.05, 0) is 43.0 Å². The number of carbonyl (C=O) groups is 1. The van der Waals surface area contributed by atoms with Gasteiger partial charge in [-0.3, -0.25) is 4.79 Å². The molecular formula is C19H20F3N3O. The van der Waals surface area contributed by atoms with Crippen LogP contribution < -0.4 is 10.2 Å². The number of rotatable bonds is 3. The SMILES string of the molecule is CC1CCN(c2ccc(NC(=O)c3ccccc3C(F)(F)F)cn2)CC1. The maximum atomic E-state index is 13.0. The van der Waals surface area contributed by atoms with Crippen molar-refractivity contribution in [2.75, 3.05) is 23.3 Å². The Labute approximate surface area is 150 Å². The Bertz CT molecular complexity index is 766. The Morgan fingerprint density at radius 2 is 1.85 bits per heavy atom. The number of hydrogen-bond donors (Lipinski definition) is 1. The molecule has 2 aromatic rings. The second-order valence-corrected chi connectivity index (χ2v) is 6.57. The van der Waals surface area contributed by atoms with Crippen molar-refractivity contribution < 1.29 is 18.0 Å². The molecule has 1 saturated heterocycles. The topological polar surface area (TPSA) is 45.2 Å². The number of nitrogens with one attached hydrogen (secondary N) is 1. The Hall–Kier alpha value is -2.57. The minimum absolute atomic E-state index is 0.362. The first kappa shape index (κ1) is 18.2. The lowest BCUT2D eigenvalue weighted by molar-refractivity contribution is -0.137. The summed E-state index contributed by atoms with van der Waals surface area (Å²) in [4.78, 5) is 18.8. The van der Waals surface area contributed by atoms with E-state index in [-0.39, 0.29) is 0 Å². The van der Waals surface area contributed by atoms with Crippen LogP contribution in [0.4, 0.5) is 24.7 Å². The first-order valence-electron chi connectivity index (χ1n) is 8.53. The van der Waals surface area contributed by atoms with Gasteiger partial charge < -0.3 is 10.2 Å². The Morgan fingerprint density at radius 3 is 2.46 bits per heavy atom. The third kappa shape index (κ3) is 4.15. The summed E-state index contributed by atoms with van der Waals surface area (Å²) in [7, 11) is 0. The maximum Gasteiger partial charge on any atom is 0.417 e. The van der Waals surface area contributed by atoms with E-state index in [0.29, 0.717) is 11.6 Å². The molecule has 1 amide bonds. The lowest BCUT2D eigenvalue weighted by Gasteiger charge is -2.31. The van der Waals surface area contributed by atoms with E-state index in [2.05, 4.69) is 22.1 Å². The van der Waals surface area contributed by atoms with Crippen LogP contribution in [0.5, 0.6) is 0 Å². The third-order valence-corrected chi connectivity index (χ3v) is 4.59. The van der Waals surface area contributed by atoms with Crippen molar-refractivity contribution in [3.63, 3.8) is 0 Å². The van der Waals surface area contributed by atoms with Crippen molar-refractivity contribution >= 4 is 17.4 Å². The number of nitrogens with zero attached hydrogens (tertiary/aromatic N) is 2. The number of anilines is 2. The first-order valence-corrected chi connectivity index (χ1v) is 8.53. The summed E-state index contributed by atoms with van der Waals surface area (Å²) < 4.78 is 39.1. The van der Waals surface area contributed by atoms with Crippen LogP contribution in [0.1, 0.15) is 35.7 Å². The number of benzene rings is 1. The van der Waals surface area contributed by atoms with Crippen LogP contribution in [0.15, 0.2) is 42.6 Å². The number of piperidine rings is 1. The molecule has 1 aromatic heterocycles. The van der Waals surface area contributed by atoms with Crippen molar-refractivity contribution in [3.05, 3.63) is 53.7 Å². The fourth-order valence-corrected chi connectivity index (χ4v) is 3.01. The standard InChI is InChI=1S/C19H20F3N3O/c1-13-8-10-25(11-9-13)17-7-6-14(12-23-17)24-18(26)15-4-2-3-5-16(15)19(20,21)22/h2-7,12-13H,8-11H2,1H3,(H,24,26). The van der Waals surface area contributed by atoms with Gasteiger partial charge in [-0.2, -0.15) is 13.2 Å². The number of hydrogen-bond acceptors (Lipinski definition) is 3. The molecule has 7 heteroatoms. The number of aromatic nitrogens is 1. The van der Waals surface area contributed by atoms with Crippen molar-refractivity contribution in [1.82, 2.24) is 4.98 Å². The van der Waals surface area contributed by atoms with E-state index in [1.807, 2.05) is 0 Å². The minimum atomic E-state index is -4.58. The van der Waals surface area contributed by atoms with E-state index in [0.717, 1.165) is 43.9 Å². The monoisotopic (exact) mass is 363 g/mol. The maximum absolute atomic E-state index is 13.0. The third-order valence-electron chi connectivity index (χ3n) is 4.59. The molecule has 0 atom stereocenters. The largest absolute Gasteiger partial charge is 0.417 e. The van der Waals surface area contributed by atoms with E-state index >= 15 is 0 Å². The highest BCUT2D eigenvalue weighted by Crippen LogP contribution is 2.32. The number of alkyl halides is 3. The van der Waals surface area contributed by atoms with E-state index < -0.39 is 23.2 Å². The van der Waals surface area contributed by atoms with E-state index in [1.54, 1.807) is 12.1 Å². The fraction of sp³-hybridized carbons (Fsp3) is 0.368. The van der Waals surface area contributed by atoms with Crippen LogP contribution in [0.25, 0.3) is 0 Å². The molecule has 2 heterocycles. The predicted octanol–water partition coefficient (Wildman–Crippen LogP) is 4.59. The summed E-state index contributed by atoms with van der Waals surface area (Å²) in [6, 6.07) is 8.16. The van der Waals surface area contributed by atoms with Crippen LogP contribution in [0.2, 0.25) is 0 Å². The molecule has 4 nitrogen and oxygen atoms in total. The molecule has 1 fully saturated rings. The number of halogens is 3. The second kappa shape index (κ2) is 7.35. The van der Waals surface area contributed by atoms with Gasteiger partial charge >= 0.3 is 6.18 Å². The summed E-state index contributed by atoms with van der Waals surface area (Å²) >= 11 is 0. The van der Waals surface area contributed by atoms with E-state index in [1.165, 1.54) is 18.3 Å². The van der Waals surface area contributed by atoms with Gasteiger partial charge in [0.1, 0.15) is 5.82 Å². The molecule has 138 valence electrons. The molecule has 3 rings (SSSR count). The average molecular weight is 363 g/mol. The minimum Gasteiger partial charge on any atom is -0.357 e. The summed E-state index contributed by atoms with van der Waals surface area (Å²) in [6.07, 6.45) is -0.897. The van der Waals surface area contributed by atoms with Crippen molar-refractivity contribution in [3.8, 4) is 0 Å². The van der Waals surface area contributed by atoms with Crippen molar-refractivity contribution in [1.29, 1.82) is 0 Å². The van der Waals surface area contributed by atoms with Gasteiger partial charge in [0.2, 0.25) is 0 Å². The number of carbonyl (C=O) groups excluding carboxylic acids is 1. The predicted molar refractivity (Wildman–Crippen MR) is 94.2 cm³/mol. The summed E-state index contributed by atoms with van der Waals surface area (Å²) in [5.74, 6) is 0.711. The van der Waals surface area contributed by atoms with Crippen LogP contribution in [-0.4, -0.2) is 24.0 Å². The zero-order valence-corrected chi connectivity index (χ0v) is 14.4. The Morgan fingerprint density at radius 1 is 1.15 bits per heavy atom. The summed E-state index contributed by atoms with van der Waals surface area (Å²) in [5.41, 5.74) is -1.00. The zero-order valence-electron chi connectivity index (χ0n) is 14.4. The molecule has 0 spiro atoms. The molecule has 26 heavy (non-hydrogen) atoms. The smallest absolute Gasteiger partial charge is 0.357 e. The Balaban J connectivity index is 1.71. The molecule has 0 unspecified atom stereocenters. The highest BCUT2D eigenvalue weighted by molar-refractivity contribution is 6.05. The van der Waals surface area contributed by atoms with Gasteiger partial charge in [0.25, 0.3) is 5.91 Å². The molecule has 1 N–H and O–H groups in total. The van der Waals surface area contributed by atoms with Crippen LogP contribution >= 0.6 is 0 Å². The van der Waals surface area contributed by atoms with Crippen LogP contribution in [-0.2, 0) is 6.18 Å². The van der Waals surface area contributed by atoms with Gasteiger partial charge in [0.15, 0.2) is 0 Å². The second-order valence-electron chi connectivity index (χ2n) is 6.57.